The van der Waals surface area contributed by atoms with E-state index in [1.54, 1.807) is 6.08 Å². The number of rotatable bonds is 30. The Balaban J connectivity index is 4.21. The van der Waals surface area contributed by atoms with Crippen molar-refractivity contribution in [2.75, 3.05) is 13.2 Å². The second-order valence-corrected chi connectivity index (χ2v) is 12.6. The highest BCUT2D eigenvalue weighted by Crippen LogP contribution is 2.35. The maximum Gasteiger partial charge on any atom is 0.469 e. The van der Waals surface area contributed by atoms with Crippen molar-refractivity contribution in [2.45, 2.75) is 148 Å². The summed E-state index contributed by atoms with van der Waals surface area (Å²) in [6, 6.07) is 0. The van der Waals surface area contributed by atoms with Crippen LogP contribution in [-0.2, 0) is 28.2 Å². The zero-order valence-corrected chi connectivity index (χ0v) is 28.8. The lowest BCUT2D eigenvalue weighted by atomic mass is 10.1. The quantitative estimate of drug-likeness (QED) is 0.0228. The fourth-order valence-electron chi connectivity index (χ4n) is 4.33. The van der Waals surface area contributed by atoms with Gasteiger partial charge in [-0.1, -0.05) is 127 Å². The molecule has 0 heterocycles. The fourth-order valence-corrected chi connectivity index (χ4v) is 4.69. The monoisotopic (exact) mass is 656 g/mol. The van der Waals surface area contributed by atoms with E-state index in [1.807, 2.05) is 36.5 Å². The van der Waals surface area contributed by atoms with Crippen molar-refractivity contribution in [3.63, 3.8) is 0 Å². The Morgan fingerprint density at radius 2 is 1.29 bits per heavy atom. The molecule has 0 amide bonds. The highest BCUT2D eigenvalue weighted by molar-refractivity contribution is 7.46. The van der Waals surface area contributed by atoms with E-state index in [1.165, 1.54) is 51.4 Å². The normalized spacial score (nSPS) is 13.8. The van der Waals surface area contributed by atoms with Crippen LogP contribution in [0.1, 0.15) is 136 Å². The molecule has 0 aromatic rings. The molecule has 2 atom stereocenters. The minimum absolute atomic E-state index is 0.104. The molecular weight excluding hydrogens is 595 g/mol. The van der Waals surface area contributed by atoms with Crippen LogP contribution in [-0.4, -0.2) is 52.3 Å². The molecule has 0 aliphatic rings. The molecule has 0 aliphatic carbocycles. The minimum atomic E-state index is -4.77. The van der Waals surface area contributed by atoms with Gasteiger partial charge in [0.05, 0.1) is 12.7 Å². The molecule has 0 fully saturated rings. The molecule has 0 aromatic carbocycles. The van der Waals surface area contributed by atoms with Crippen LogP contribution in [0.25, 0.3) is 0 Å². The maximum absolute atomic E-state index is 12.3. The molecule has 0 rings (SSSR count). The Bertz CT molecular complexity index is 892. The molecule has 10 heteroatoms. The number of allylic oxidation sites excluding steroid dienone is 6. The van der Waals surface area contributed by atoms with Gasteiger partial charge in [0.25, 0.3) is 0 Å². The van der Waals surface area contributed by atoms with E-state index >= 15 is 0 Å². The Labute approximate surface area is 272 Å². The van der Waals surface area contributed by atoms with Crippen molar-refractivity contribution in [3.05, 3.63) is 48.6 Å². The van der Waals surface area contributed by atoms with Gasteiger partial charge in [-0.25, -0.2) is 4.57 Å². The number of carbonyl (C=O) groups excluding carboxylic acids is 2. The Morgan fingerprint density at radius 1 is 0.689 bits per heavy atom. The topological polar surface area (TPSA) is 140 Å². The van der Waals surface area contributed by atoms with Crippen LogP contribution < -0.4 is 0 Å². The first-order valence-corrected chi connectivity index (χ1v) is 18.6. The van der Waals surface area contributed by atoms with Crippen molar-refractivity contribution in [2.24, 2.45) is 0 Å². The summed E-state index contributed by atoms with van der Waals surface area (Å²) in [5, 5.41) is 9.96. The summed E-state index contributed by atoms with van der Waals surface area (Å²) < 4.78 is 26.1. The summed E-state index contributed by atoms with van der Waals surface area (Å²) in [6.07, 6.45) is 31.6. The Hall–Kier alpha value is -2.03. The molecule has 0 bridgehead atoms. The van der Waals surface area contributed by atoms with Crippen molar-refractivity contribution in [1.82, 2.24) is 0 Å². The number of phosphoric ester groups is 1. The van der Waals surface area contributed by atoms with Gasteiger partial charge >= 0.3 is 19.8 Å². The number of phosphoric acid groups is 1. The second kappa shape index (κ2) is 30.6. The first-order chi connectivity index (χ1) is 21.7. The van der Waals surface area contributed by atoms with Gasteiger partial charge in [-0.3, -0.25) is 14.1 Å². The molecule has 0 saturated heterocycles. The maximum atomic E-state index is 12.3. The lowest BCUT2D eigenvalue weighted by Crippen LogP contribution is -2.29. The summed E-state index contributed by atoms with van der Waals surface area (Å²) in [4.78, 5) is 42.4. The molecule has 0 saturated carbocycles. The highest BCUT2D eigenvalue weighted by atomic mass is 31.2. The Kier molecular flexibility index (Phi) is 29.2. The van der Waals surface area contributed by atoms with Crippen LogP contribution in [0.5, 0.6) is 0 Å². The Morgan fingerprint density at radius 3 is 1.98 bits per heavy atom. The molecule has 0 unspecified atom stereocenters. The van der Waals surface area contributed by atoms with Crippen LogP contribution in [0.4, 0.5) is 0 Å². The van der Waals surface area contributed by atoms with Gasteiger partial charge < -0.3 is 24.4 Å². The zero-order chi connectivity index (χ0) is 33.4. The largest absolute Gasteiger partial charge is 0.469 e. The average Bonchev–Trinajstić information content (AvgIpc) is 2.99. The number of hydrogen-bond acceptors (Lipinski definition) is 7. The SMILES string of the molecule is CCCCC/C=C\C[C@H](O)/C=C/C=C\C/C=C\CCCC(=O)O[C@H](COC(=O)CCCCCCCCCCC)COP(=O)(O)O. The van der Waals surface area contributed by atoms with Crippen molar-refractivity contribution in [1.29, 1.82) is 0 Å². The van der Waals surface area contributed by atoms with Crippen LogP contribution >= 0.6 is 7.82 Å². The van der Waals surface area contributed by atoms with Gasteiger partial charge in [0.1, 0.15) is 6.61 Å². The van der Waals surface area contributed by atoms with E-state index in [2.05, 4.69) is 24.4 Å². The van der Waals surface area contributed by atoms with Crippen LogP contribution in [0, 0.1) is 0 Å². The molecule has 3 N–H and O–H groups in total. The van der Waals surface area contributed by atoms with E-state index in [4.69, 9.17) is 19.3 Å². The predicted molar refractivity (Wildman–Crippen MR) is 180 cm³/mol. The van der Waals surface area contributed by atoms with E-state index in [9.17, 15) is 19.3 Å². The molecule has 45 heavy (non-hydrogen) atoms. The smallest absolute Gasteiger partial charge is 0.462 e. The number of unbranched alkanes of at least 4 members (excludes halogenated alkanes) is 12. The van der Waals surface area contributed by atoms with Crippen LogP contribution in [0.2, 0.25) is 0 Å². The average molecular weight is 657 g/mol. The lowest BCUT2D eigenvalue weighted by Gasteiger charge is -2.18. The van der Waals surface area contributed by atoms with Crippen molar-refractivity contribution >= 4 is 19.8 Å². The first-order valence-electron chi connectivity index (χ1n) is 17.0. The number of aliphatic hydroxyl groups is 1. The van der Waals surface area contributed by atoms with E-state index in [0.29, 0.717) is 32.1 Å². The van der Waals surface area contributed by atoms with E-state index in [0.717, 1.165) is 25.7 Å². The van der Waals surface area contributed by atoms with E-state index < -0.39 is 38.6 Å². The predicted octanol–water partition coefficient (Wildman–Crippen LogP) is 8.59. The fraction of sp³-hybridized carbons (Fsp3) is 0.714. The summed E-state index contributed by atoms with van der Waals surface area (Å²) in [5.41, 5.74) is 0. The number of carbonyl (C=O) groups is 2. The van der Waals surface area contributed by atoms with E-state index in [-0.39, 0.29) is 19.4 Å². The van der Waals surface area contributed by atoms with Crippen LogP contribution in [0.15, 0.2) is 48.6 Å². The summed E-state index contributed by atoms with van der Waals surface area (Å²) in [6.45, 7) is 3.48. The van der Waals surface area contributed by atoms with Gasteiger partial charge in [0, 0.05) is 12.8 Å². The lowest BCUT2D eigenvalue weighted by molar-refractivity contribution is -0.161. The number of hydrogen-bond donors (Lipinski definition) is 3. The molecule has 0 aromatic heterocycles. The third-order valence-electron chi connectivity index (χ3n) is 6.93. The minimum Gasteiger partial charge on any atom is -0.462 e. The molecule has 0 radical (unpaired) electrons. The highest BCUT2D eigenvalue weighted by Gasteiger charge is 2.22. The molecule has 260 valence electrons. The summed E-state index contributed by atoms with van der Waals surface area (Å²) in [5.74, 6) is -0.997. The molecule has 0 spiro atoms. The van der Waals surface area contributed by atoms with Gasteiger partial charge in [0.15, 0.2) is 6.10 Å². The third-order valence-corrected chi connectivity index (χ3v) is 7.42. The molecule has 9 nitrogen and oxygen atoms in total. The van der Waals surface area contributed by atoms with Gasteiger partial charge in [0.2, 0.25) is 0 Å². The van der Waals surface area contributed by atoms with Crippen LogP contribution in [0.3, 0.4) is 0 Å². The summed E-state index contributed by atoms with van der Waals surface area (Å²) in [7, 11) is -4.77. The van der Waals surface area contributed by atoms with Gasteiger partial charge in [-0.2, -0.15) is 0 Å². The van der Waals surface area contributed by atoms with Crippen molar-refractivity contribution in [3.8, 4) is 0 Å². The first kappa shape index (κ1) is 43.0. The van der Waals surface area contributed by atoms with Crippen molar-refractivity contribution < 1.29 is 43.0 Å². The van der Waals surface area contributed by atoms with Gasteiger partial charge in [-0.15, -0.1) is 0 Å². The third kappa shape index (κ3) is 33.2. The number of ether oxygens (including phenoxy) is 2. The summed E-state index contributed by atoms with van der Waals surface area (Å²) >= 11 is 0. The number of esters is 2. The molecule has 0 aliphatic heterocycles. The number of aliphatic hydroxyl groups excluding tert-OH is 1. The standard InChI is InChI=1S/C35H61O9P/c1-3-5-7-9-11-12-16-20-24-28-34(37)42-30-33(31-43-45(39,40)41)44-35(38)29-25-21-17-14-13-15-19-23-27-32(36)26-22-18-10-8-6-4-2/h14-15,17-19,22-23,27,32-33,36H,3-13,16,20-21,24-26,28-31H2,1-2H3,(H2,39,40,41)/b17-14-,19-15-,22-18-,27-23+/t32-,33+/m0/s1. The van der Waals surface area contributed by atoms with Gasteiger partial charge in [-0.05, 0) is 44.9 Å². The second-order valence-electron chi connectivity index (χ2n) is 11.3. The molecular formula is C35H61O9P. The zero-order valence-electron chi connectivity index (χ0n) is 27.9.